The summed E-state index contributed by atoms with van der Waals surface area (Å²) in [6.45, 7) is 4.21. The standard InChI is InChI=1S/C12H26N2O2.2ClH/c1-2-11(9-15)13-7-8-14-12(10-16)5-3-4-6-12;;/h11,13-16H,2-10H2,1H3;2*1H/t11-;;/m0../s1. The van der Waals surface area contributed by atoms with Crippen LogP contribution in [0.2, 0.25) is 0 Å². The van der Waals surface area contributed by atoms with E-state index in [9.17, 15) is 5.11 Å². The van der Waals surface area contributed by atoms with Gasteiger partial charge in [-0.05, 0) is 19.3 Å². The average molecular weight is 303 g/mol. The van der Waals surface area contributed by atoms with Crippen molar-refractivity contribution in [2.24, 2.45) is 0 Å². The van der Waals surface area contributed by atoms with Gasteiger partial charge in [0.05, 0.1) is 13.2 Å². The number of aliphatic hydroxyl groups is 2. The molecule has 0 aliphatic heterocycles. The molecule has 6 heteroatoms. The lowest BCUT2D eigenvalue weighted by Crippen LogP contribution is -2.49. The molecule has 4 nitrogen and oxygen atoms in total. The van der Waals surface area contributed by atoms with Crippen molar-refractivity contribution in [3.05, 3.63) is 0 Å². The van der Waals surface area contributed by atoms with Gasteiger partial charge in [0.15, 0.2) is 0 Å². The first-order valence-corrected chi connectivity index (χ1v) is 6.46. The summed E-state index contributed by atoms with van der Waals surface area (Å²) < 4.78 is 0. The Morgan fingerprint density at radius 3 is 2.17 bits per heavy atom. The number of rotatable bonds is 8. The Bertz CT molecular complexity index is 187. The Kier molecular flexibility index (Phi) is 13.0. The van der Waals surface area contributed by atoms with Crippen LogP contribution < -0.4 is 10.6 Å². The maximum Gasteiger partial charge on any atom is 0.0613 e. The summed E-state index contributed by atoms with van der Waals surface area (Å²) in [5.41, 5.74) is -0.0252. The Labute approximate surface area is 123 Å². The third kappa shape index (κ3) is 6.55. The number of aliphatic hydroxyl groups excluding tert-OH is 2. The molecule has 1 saturated carbocycles. The van der Waals surface area contributed by atoms with Crippen LogP contribution in [-0.2, 0) is 0 Å². The summed E-state index contributed by atoms with van der Waals surface area (Å²) in [7, 11) is 0. The minimum Gasteiger partial charge on any atom is -0.395 e. The van der Waals surface area contributed by atoms with Gasteiger partial charge in [0.25, 0.3) is 0 Å². The Hall–Kier alpha value is 0.420. The Morgan fingerprint density at radius 2 is 1.72 bits per heavy atom. The number of hydrogen-bond donors (Lipinski definition) is 4. The first-order valence-electron chi connectivity index (χ1n) is 6.46. The fourth-order valence-corrected chi connectivity index (χ4v) is 2.38. The Morgan fingerprint density at radius 1 is 1.11 bits per heavy atom. The molecule has 0 bridgehead atoms. The highest BCUT2D eigenvalue weighted by molar-refractivity contribution is 5.85. The van der Waals surface area contributed by atoms with Gasteiger partial charge in [0, 0.05) is 24.7 Å². The van der Waals surface area contributed by atoms with E-state index >= 15 is 0 Å². The monoisotopic (exact) mass is 302 g/mol. The van der Waals surface area contributed by atoms with Crippen molar-refractivity contribution in [3.63, 3.8) is 0 Å². The third-order valence-corrected chi connectivity index (χ3v) is 3.63. The summed E-state index contributed by atoms with van der Waals surface area (Å²) >= 11 is 0. The molecule has 0 unspecified atom stereocenters. The van der Waals surface area contributed by atoms with E-state index in [1.807, 2.05) is 0 Å². The smallest absolute Gasteiger partial charge is 0.0613 e. The maximum atomic E-state index is 9.39. The van der Waals surface area contributed by atoms with E-state index in [1.54, 1.807) is 0 Å². The lowest BCUT2D eigenvalue weighted by Gasteiger charge is -2.28. The average Bonchev–Trinajstić information content (AvgIpc) is 2.79. The first kappa shape index (κ1) is 20.7. The first-order chi connectivity index (χ1) is 7.76. The quantitative estimate of drug-likeness (QED) is 0.507. The second kappa shape index (κ2) is 11.3. The zero-order valence-electron chi connectivity index (χ0n) is 11.2. The van der Waals surface area contributed by atoms with Crippen LogP contribution in [0.3, 0.4) is 0 Å². The van der Waals surface area contributed by atoms with E-state index in [4.69, 9.17) is 5.11 Å². The van der Waals surface area contributed by atoms with Gasteiger partial charge >= 0.3 is 0 Å². The van der Waals surface area contributed by atoms with Crippen molar-refractivity contribution in [2.45, 2.75) is 50.6 Å². The SMILES string of the molecule is CC[C@@H](CO)NCCNC1(CO)CCCC1.Cl.Cl. The minimum absolute atomic E-state index is 0. The summed E-state index contributed by atoms with van der Waals surface area (Å²) in [6.07, 6.45) is 5.55. The molecule has 1 fully saturated rings. The molecule has 112 valence electrons. The predicted octanol–water partition coefficient (Wildman–Crippen LogP) is 1.09. The lowest BCUT2D eigenvalue weighted by molar-refractivity contribution is 0.163. The number of hydrogen-bond acceptors (Lipinski definition) is 4. The summed E-state index contributed by atoms with van der Waals surface area (Å²) in [6, 6.07) is 0.204. The van der Waals surface area contributed by atoms with E-state index in [-0.39, 0.29) is 49.6 Å². The summed E-state index contributed by atoms with van der Waals surface area (Å²) in [5, 5.41) is 25.1. The molecular formula is C12H28Cl2N2O2. The van der Waals surface area contributed by atoms with Gasteiger partial charge < -0.3 is 20.8 Å². The van der Waals surface area contributed by atoms with E-state index in [0.29, 0.717) is 0 Å². The zero-order valence-corrected chi connectivity index (χ0v) is 12.8. The second-order valence-corrected chi connectivity index (χ2v) is 4.81. The minimum atomic E-state index is -0.0252. The van der Waals surface area contributed by atoms with Crippen LogP contribution in [0.1, 0.15) is 39.0 Å². The molecule has 1 atom stereocenters. The largest absolute Gasteiger partial charge is 0.395 e. The fourth-order valence-electron chi connectivity index (χ4n) is 2.38. The van der Waals surface area contributed by atoms with Gasteiger partial charge in [-0.2, -0.15) is 0 Å². The van der Waals surface area contributed by atoms with Gasteiger partial charge in [-0.3, -0.25) is 0 Å². The molecule has 1 rings (SSSR count). The lowest BCUT2D eigenvalue weighted by atomic mass is 9.99. The third-order valence-electron chi connectivity index (χ3n) is 3.63. The van der Waals surface area contributed by atoms with Crippen LogP contribution in [0.15, 0.2) is 0 Å². The molecule has 0 aromatic heterocycles. The van der Waals surface area contributed by atoms with Crippen molar-refractivity contribution in [1.29, 1.82) is 0 Å². The Balaban J connectivity index is 0. The van der Waals surface area contributed by atoms with Gasteiger partial charge in [0.1, 0.15) is 0 Å². The summed E-state index contributed by atoms with van der Waals surface area (Å²) in [4.78, 5) is 0. The molecule has 1 aliphatic rings. The molecule has 18 heavy (non-hydrogen) atoms. The fraction of sp³-hybridized carbons (Fsp3) is 1.00. The highest BCUT2D eigenvalue weighted by Gasteiger charge is 2.31. The number of nitrogens with one attached hydrogen (secondary N) is 2. The van der Waals surface area contributed by atoms with E-state index < -0.39 is 0 Å². The molecule has 0 amide bonds. The van der Waals surface area contributed by atoms with E-state index in [2.05, 4.69) is 17.6 Å². The van der Waals surface area contributed by atoms with Gasteiger partial charge in [-0.1, -0.05) is 19.8 Å². The highest BCUT2D eigenvalue weighted by Crippen LogP contribution is 2.28. The molecule has 0 spiro atoms. The van der Waals surface area contributed by atoms with Crippen LogP contribution >= 0.6 is 24.8 Å². The molecular weight excluding hydrogens is 275 g/mol. The molecule has 1 aliphatic carbocycles. The van der Waals surface area contributed by atoms with Crippen molar-refractivity contribution in [2.75, 3.05) is 26.3 Å². The van der Waals surface area contributed by atoms with Crippen molar-refractivity contribution in [3.8, 4) is 0 Å². The van der Waals surface area contributed by atoms with Crippen LogP contribution in [0.5, 0.6) is 0 Å². The summed E-state index contributed by atoms with van der Waals surface area (Å²) in [5.74, 6) is 0. The van der Waals surface area contributed by atoms with Gasteiger partial charge in [-0.25, -0.2) is 0 Å². The highest BCUT2D eigenvalue weighted by atomic mass is 35.5. The van der Waals surface area contributed by atoms with Gasteiger partial charge in [-0.15, -0.1) is 24.8 Å². The maximum absolute atomic E-state index is 9.39. The molecule has 0 heterocycles. The molecule has 0 aromatic carbocycles. The van der Waals surface area contributed by atoms with E-state index in [0.717, 1.165) is 32.4 Å². The van der Waals surface area contributed by atoms with Crippen LogP contribution in [0.4, 0.5) is 0 Å². The van der Waals surface area contributed by atoms with E-state index in [1.165, 1.54) is 12.8 Å². The zero-order chi connectivity index (χ0) is 11.9. The van der Waals surface area contributed by atoms with Crippen LogP contribution in [0, 0.1) is 0 Å². The molecule has 0 saturated heterocycles. The molecule has 0 radical (unpaired) electrons. The normalized spacial score (nSPS) is 18.8. The molecule has 0 aromatic rings. The van der Waals surface area contributed by atoms with Crippen molar-refractivity contribution >= 4 is 24.8 Å². The molecule has 4 N–H and O–H groups in total. The number of halogens is 2. The topological polar surface area (TPSA) is 64.5 Å². The van der Waals surface area contributed by atoms with Crippen molar-refractivity contribution < 1.29 is 10.2 Å². The second-order valence-electron chi connectivity index (χ2n) is 4.81. The van der Waals surface area contributed by atoms with Crippen LogP contribution in [0.25, 0.3) is 0 Å². The van der Waals surface area contributed by atoms with Gasteiger partial charge in [0.2, 0.25) is 0 Å². The predicted molar refractivity (Wildman–Crippen MR) is 80.0 cm³/mol. The van der Waals surface area contributed by atoms with Crippen LogP contribution in [-0.4, -0.2) is 48.1 Å². The van der Waals surface area contributed by atoms with Crippen molar-refractivity contribution in [1.82, 2.24) is 10.6 Å².